The summed E-state index contributed by atoms with van der Waals surface area (Å²) in [5.74, 6) is -0.0617. The Balaban J connectivity index is 1.74. The van der Waals surface area contributed by atoms with Gasteiger partial charge in [-0.25, -0.2) is 0 Å². The van der Waals surface area contributed by atoms with Gasteiger partial charge in [-0.2, -0.15) is 0 Å². The minimum absolute atomic E-state index is 0.168. The second kappa shape index (κ2) is 9.44. The van der Waals surface area contributed by atoms with E-state index >= 15 is 0 Å². The summed E-state index contributed by atoms with van der Waals surface area (Å²) in [6, 6.07) is 17.5. The van der Waals surface area contributed by atoms with Crippen molar-refractivity contribution in [2.45, 2.75) is 6.42 Å². The molecule has 2 aromatic carbocycles. The van der Waals surface area contributed by atoms with Gasteiger partial charge in [0.25, 0.3) is 5.91 Å². The lowest BCUT2D eigenvalue weighted by atomic mass is 10.1. The van der Waals surface area contributed by atoms with Crippen LogP contribution in [-0.4, -0.2) is 44.0 Å². The summed E-state index contributed by atoms with van der Waals surface area (Å²) in [4.78, 5) is 25.1. The number of hydrazine groups is 1. The lowest BCUT2D eigenvalue weighted by molar-refractivity contribution is -0.130. The molecule has 2 rings (SSSR count). The summed E-state index contributed by atoms with van der Waals surface area (Å²) in [5.41, 5.74) is 6.88. The zero-order valence-electron chi connectivity index (χ0n) is 14.5. The van der Waals surface area contributed by atoms with Gasteiger partial charge in [0.05, 0.1) is 0 Å². The van der Waals surface area contributed by atoms with Crippen LogP contribution >= 0.6 is 0 Å². The van der Waals surface area contributed by atoms with Gasteiger partial charge in [-0.1, -0.05) is 42.5 Å². The lowest BCUT2D eigenvalue weighted by Crippen LogP contribution is -2.44. The highest BCUT2D eigenvalue weighted by molar-refractivity contribution is 5.82. The molecule has 0 bridgehead atoms. The zero-order chi connectivity index (χ0) is 18.1. The van der Waals surface area contributed by atoms with Crippen LogP contribution in [0.1, 0.15) is 6.42 Å². The predicted molar refractivity (Wildman–Crippen MR) is 96.8 cm³/mol. The Morgan fingerprint density at radius 3 is 2.12 bits per heavy atom. The Labute approximate surface area is 147 Å². The van der Waals surface area contributed by atoms with Crippen molar-refractivity contribution in [1.29, 1.82) is 0 Å². The molecule has 0 heterocycles. The van der Waals surface area contributed by atoms with E-state index in [-0.39, 0.29) is 12.5 Å². The van der Waals surface area contributed by atoms with Crippen LogP contribution in [0.5, 0.6) is 5.75 Å². The molecule has 0 unspecified atom stereocenters. The maximum absolute atomic E-state index is 11.7. The number of carbonyl (C=O) groups excluding carboxylic acids is 2. The van der Waals surface area contributed by atoms with E-state index in [9.17, 15) is 9.59 Å². The average molecular weight is 341 g/mol. The van der Waals surface area contributed by atoms with E-state index in [1.807, 2.05) is 73.6 Å². The lowest BCUT2D eigenvalue weighted by Gasteiger charge is -2.11. The molecular weight excluding hydrogens is 318 g/mol. The molecule has 6 nitrogen and oxygen atoms in total. The highest BCUT2D eigenvalue weighted by atomic mass is 16.5. The van der Waals surface area contributed by atoms with Crippen LogP contribution in [0.4, 0.5) is 0 Å². The number of benzene rings is 2. The molecule has 0 saturated carbocycles. The van der Waals surface area contributed by atoms with E-state index in [4.69, 9.17) is 4.74 Å². The van der Waals surface area contributed by atoms with E-state index in [2.05, 4.69) is 10.9 Å². The van der Waals surface area contributed by atoms with Crippen molar-refractivity contribution in [2.75, 3.05) is 27.2 Å². The van der Waals surface area contributed by atoms with Crippen molar-refractivity contribution < 1.29 is 14.3 Å². The molecule has 0 saturated heterocycles. The Kier molecular flexibility index (Phi) is 6.98. The average Bonchev–Trinajstić information content (AvgIpc) is 2.64. The quantitative estimate of drug-likeness (QED) is 0.754. The fourth-order valence-corrected chi connectivity index (χ4v) is 2.09. The SMILES string of the molecule is CN(C)CCC(=O)NNC(=O)COc1ccc(-c2ccccc2)cc1. The van der Waals surface area contributed by atoms with E-state index in [0.29, 0.717) is 18.7 Å². The van der Waals surface area contributed by atoms with Gasteiger partial charge in [0.15, 0.2) is 6.61 Å². The topological polar surface area (TPSA) is 70.7 Å². The number of rotatable bonds is 7. The maximum Gasteiger partial charge on any atom is 0.276 e. The molecule has 0 spiro atoms. The molecule has 0 fully saturated rings. The summed E-state index contributed by atoms with van der Waals surface area (Å²) >= 11 is 0. The van der Waals surface area contributed by atoms with Gasteiger partial charge in [0.1, 0.15) is 5.75 Å². The molecule has 0 radical (unpaired) electrons. The number of hydrogen-bond acceptors (Lipinski definition) is 4. The third-order valence-electron chi connectivity index (χ3n) is 3.46. The van der Waals surface area contributed by atoms with Gasteiger partial charge >= 0.3 is 0 Å². The third-order valence-corrected chi connectivity index (χ3v) is 3.46. The largest absolute Gasteiger partial charge is 0.484 e. The van der Waals surface area contributed by atoms with Crippen molar-refractivity contribution in [3.05, 3.63) is 54.6 Å². The summed E-state index contributed by atoms with van der Waals surface area (Å²) in [6.45, 7) is 0.449. The van der Waals surface area contributed by atoms with Gasteiger partial charge < -0.3 is 9.64 Å². The molecule has 132 valence electrons. The number of nitrogens with one attached hydrogen (secondary N) is 2. The molecule has 0 aliphatic carbocycles. The molecule has 0 aromatic heterocycles. The van der Waals surface area contributed by atoms with E-state index in [1.165, 1.54) is 0 Å². The first-order valence-electron chi connectivity index (χ1n) is 8.05. The smallest absolute Gasteiger partial charge is 0.276 e. The summed E-state index contributed by atoms with van der Waals surface area (Å²) in [7, 11) is 3.76. The number of nitrogens with zero attached hydrogens (tertiary/aromatic N) is 1. The van der Waals surface area contributed by atoms with Crippen LogP contribution < -0.4 is 15.6 Å². The molecule has 0 atom stereocenters. The molecule has 25 heavy (non-hydrogen) atoms. The third kappa shape index (κ3) is 6.64. The summed E-state index contributed by atoms with van der Waals surface area (Å²) in [6.07, 6.45) is 0.315. The van der Waals surface area contributed by atoms with Crippen molar-refractivity contribution >= 4 is 11.8 Å². The van der Waals surface area contributed by atoms with Crippen LogP contribution in [0.25, 0.3) is 11.1 Å². The van der Waals surface area contributed by atoms with Gasteiger partial charge in [0, 0.05) is 13.0 Å². The van der Waals surface area contributed by atoms with Crippen molar-refractivity contribution in [3.63, 3.8) is 0 Å². The van der Waals surface area contributed by atoms with Gasteiger partial charge in [0.2, 0.25) is 5.91 Å². The molecule has 2 amide bonds. The maximum atomic E-state index is 11.7. The first kappa shape index (κ1) is 18.5. The number of hydrogen-bond donors (Lipinski definition) is 2. The number of amides is 2. The molecule has 2 N–H and O–H groups in total. The van der Waals surface area contributed by atoms with E-state index in [1.54, 1.807) is 0 Å². The monoisotopic (exact) mass is 341 g/mol. The Hall–Kier alpha value is -2.86. The molecular formula is C19H23N3O3. The first-order chi connectivity index (χ1) is 12.0. The fraction of sp³-hybridized carbons (Fsp3) is 0.263. The first-order valence-corrected chi connectivity index (χ1v) is 8.05. The Morgan fingerprint density at radius 2 is 1.48 bits per heavy atom. The van der Waals surface area contributed by atoms with E-state index < -0.39 is 5.91 Å². The Morgan fingerprint density at radius 1 is 0.880 bits per heavy atom. The second-order valence-electron chi connectivity index (χ2n) is 5.83. The number of ether oxygens (including phenoxy) is 1. The zero-order valence-corrected chi connectivity index (χ0v) is 14.5. The van der Waals surface area contributed by atoms with Gasteiger partial charge in [-0.3, -0.25) is 20.4 Å². The summed E-state index contributed by atoms with van der Waals surface area (Å²) in [5, 5.41) is 0. The van der Waals surface area contributed by atoms with Crippen LogP contribution in [0.15, 0.2) is 54.6 Å². The normalized spacial score (nSPS) is 10.4. The minimum Gasteiger partial charge on any atom is -0.484 e. The molecule has 0 aliphatic heterocycles. The standard InChI is InChI=1S/C19H23N3O3/c1-22(2)13-12-18(23)20-21-19(24)14-25-17-10-8-16(9-11-17)15-6-4-3-5-7-15/h3-11H,12-14H2,1-2H3,(H,20,23)(H,21,24). The van der Waals surface area contributed by atoms with E-state index in [0.717, 1.165) is 11.1 Å². The molecule has 6 heteroatoms. The van der Waals surface area contributed by atoms with Gasteiger partial charge in [-0.05, 0) is 37.4 Å². The predicted octanol–water partition coefficient (Wildman–Crippen LogP) is 1.83. The van der Waals surface area contributed by atoms with Crippen LogP contribution in [-0.2, 0) is 9.59 Å². The fourth-order valence-electron chi connectivity index (χ4n) is 2.09. The van der Waals surface area contributed by atoms with Crippen molar-refractivity contribution in [1.82, 2.24) is 15.8 Å². The molecule has 0 aliphatic rings. The number of carbonyl (C=O) groups is 2. The van der Waals surface area contributed by atoms with Crippen molar-refractivity contribution in [2.24, 2.45) is 0 Å². The van der Waals surface area contributed by atoms with Crippen molar-refractivity contribution in [3.8, 4) is 16.9 Å². The molecule has 2 aromatic rings. The van der Waals surface area contributed by atoms with Gasteiger partial charge in [-0.15, -0.1) is 0 Å². The summed E-state index contributed by atoms with van der Waals surface area (Å²) < 4.78 is 5.42. The Bertz CT molecular complexity index is 685. The second-order valence-corrected chi connectivity index (χ2v) is 5.83. The van der Waals surface area contributed by atoms with Crippen LogP contribution in [0.2, 0.25) is 0 Å². The minimum atomic E-state index is -0.412. The highest BCUT2D eigenvalue weighted by Gasteiger charge is 2.06. The highest BCUT2D eigenvalue weighted by Crippen LogP contribution is 2.21. The van der Waals surface area contributed by atoms with Crippen LogP contribution in [0.3, 0.4) is 0 Å². The van der Waals surface area contributed by atoms with Crippen LogP contribution in [0, 0.1) is 0 Å².